The molecule has 0 heterocycles. The van der Waals surface area contributed by atoms with Crippen LogP contribution in [-0.4, -0.2) is 52.4 Å². The second-order valence-electron chi connectivity index (χ2n) is 5.85. The average Bonchev–Trinajstić information content (AvgIpc) is 2.46. The van der Waals surface area contributed by atoms with E-state index in [9.17, 15) is 0 Å². The highest BCUT2D eigenvalue weighted by Gasteiger charge is 1.92. The fourth-order valence-electron chi connectivity index (χ4n) is 1.71. The Kier molecular flexibility index (Phi) is 43.7. The van der Waals surface area contributed by atoms with Crippen molar-refractivity contribution in [1.82, 2.24) is 0 Å². The van der Waals surface area contributed by atoms with Crippen LogP contribution in [0.15, 0.2) is 0 Å². The summed E-state index contributed by atoms with van der Waals surface area (Å²) in [7, 11) is 0. The van der Waals surface area contributed by atoms with Gasteiger partial charge in [0.05, 0.1) is 0 Å². The summed E-state index contributed by atoms with van der Waals surface area (Å²) in [6, 6.07) is 0. The monoisotopic (exact) mass is 482 g/mol. The SMILES string of the molecule is CCCCCCCC.CCCCCCCC.OP(O)(O)=S.OP(O)(O)=S.[MgH2]. The van der Waals surface area contributed by atoms with Gasteiger partial charge in [-0.2, -0.15) is 0 Å². The molecule has 0 saturated heterocycles. The number of rotatable bonds is 10. The topological polar surface area (TPSA) is 121 Å². The summed E-state index contributed by atoms with van der Waals surface area (Å²) in [5.74, 6) is 0. The van der Waals surface area contributed by atoms with Crippen molar-refractivity contribution in [3.8, 4) is 0 Å². The van der Waals surface area contributed by atoms with Crippen molar-refractivity contribution < 1.29 is 29.4 Å². The van der Waals surface area contributed by atoms with Crippen LogP contribution in [-0.2, 0) is 23.6 Å². The van der Waals surface area contributed by atoms with Gasteiger partial charge in [0.1, 0.15) is 0 Å². The van der Waals surface area contributed by atoms with Crippen molar-refractivity contribution >= 4 is 60.1 Å². The third-order valence-corrected chi connectivity index (χ3v) is 2.91. The van der Waals surface area contributed by atoms with E-state index in [1.165, 1.54) is 77.0 Å². The van der Waals surface area contributed by atoms with Gasteiger partial charge in [0.2, 0.25) is 0 Å². The molecule has 0 aromatic heterocycles. The fraction of sp³-hybridized carbons (Fsp3) is 1.00. The fourth-order valence-corrected chi connectivity index (χ4v) is 1.71. The van der Waals surface area contributed by atoms with Crippen molar-refractivity contribution in [1.29, 1.82) is 0 Å². The van der Waals surface area contributed by atoms with E-state index < -0.39 is 13.4 Å². The lowest BCUT2D eigenvalue weighted by Crippen LogP contribution is -1.73. The molecule has 0 bridgehead atoms. The van der Waals surface area contributed by atoms with Gasteiger partial charge in [-0.25, -0.2) is 0 Å². The Morgan fingerprint density at radius 2 is 0.556 bits per heavy atom. The molecule has 0 atom stereocenters. The van der Waals surface area contributed by atoms with Crippen molar-refractivity contribution in [2.24, 2.45) is 0 Å². The summed E-state index contributed by atoms with van der Waals surface area (Å²) < 4.78 is 0. The van der Waals surface area contributed by atoms with Crippen LogP contribution in [0, 0.1) is 0 Å². The van der Waals surface area contributed by atoms with Gasteiger partial charge in [0, 0.05) is 0 Å². The zero-order chi connectivity index (χ0) is 21.5. The first-order chi connectivity index (χ1) is 11.8. The molecule has 6 nitrogen and oxygen atoms in total. The maximum atomic E-state index is 7.56. The summed E-state index contributed by atoms with van der Waals surface area (Å²) in [6.45, 7) is 1.41. The van der Waals surface area contributed by atoms with Crippen molar-refractivity contribution in [2.75, 3.05) is 0 Å². The Morgan fingerprint density at radius 3 is 0.630 bits per heavy atom. The van der Waals surface area contributed by atoms with E-state index in [-0.39, 0.29) is 23.1 Å². The third kappa shape index (κ3) is 133. The van der Waals surface area contributed by atoms with E-state index in [1.807, 2.05) is 0 Å². The van der Waals surface area contributed by atoms with Crippen LogP contribution in [0.5, 0.6) is 0 Å². The molecule has 0 rings (SSSR count). The molecule has 11 heteroatoms. The minimum Gasteiger partial charge on any atom is -0.325 e. The first-order valence-corrected chi connectivity index (χ1v) is 14.7. The maximum absolute atomic E-state index is 7.56. The van der Waals surface area contributed by atoms with Gasteiger partial charge in [-0.05, 0) is 23.6 Å². The highest BCUT2D eigenvalue weighted by atomic mass is 32.5. The van der Waals surface area contributed by atoms with Crippen molar-refractivity contribution in [2.45, 2.75) is 105 Å². The Hall–Kier alpha value is 1.83. The van der Waals surface area contributed by atoms with Gasteiger partial charge in [-0.15, -0.1) is 0 Å². The van der Waals surface area contributed by atoms with E-state index >= 15 is 0 Å². The zero-order valence-electron chi connectivity index (χ0n) is 16.9. The molecular weight excluding hydrogens is 439 g/mol. The standard InChI is InChI=1S/2C8H18.Mg.2H3O3PS.2H/c2*1-3-5-7-8-6-4-2;;2*1-4(2,3)5;;/h2*3-8H2,1-2H3;;2*(H3,1,2,3,5);;. The van der Waals surface area contributed by atoms with E-state index in [2.05, 4.69) is 51.3 Å². The molecule has 0 unspecified atom stereocenters. The van der Waals surface area contributed by atoms with E-state index in [0.29, 0.717) is 0 Å². The number of unbranched alkanes of at least 4 members (excludes halogenated alkanes) is 10. The smallest absolute Gasteiger partial charge is 0.319 e. The van der Waals surface area contributed by atoms with Crippen molar-refractivity contribution in [3.05, 3.63) is 0 Å². The largest absolute Gasteiger partial charge is 0.325 e. The van der Waals surface area contributed by atoms with Gasteiger partial charge in [0.25, 0.3) is 0 Å². The molecule has 0 saturated carbocycles. The van der Waals surface area contributed by atoms with E-state index in [1.54, 1.807) is 0 Å². The summed E-state index contributed by atoms with van der Waals surface area (Å²) in [5.41, 5.74) is 0. The molecule has 0 spiro atoms. The first-order valence-electron chi connectivity index (χ1n) is 9.39. The lowest BCUT2D eigenvalue weighted by molar-refractivity contribution is 0.361. The molecule has 6 N–H and O–H groups in total. The summed E-state index contributed by atoms with van der Waals surface area (Å²) in [5, 5.41) is 0. The highest BCUT2D eigenvalue weighted by molar-refractivity contribution is 8.06. The molecule has 0 aliphatic heterocycles. The lowest BCUT2D eigenvalue weighted by Gasteiger charge is -1.93. The minimum absolute atomic E-state index is 0. The second kappa shape index (κ2) is 30.0. The van der Waals surface area contributed by atoms with Gasteiger partial charge in [-0.3, -0.25) is 0 Å². The molecule has 0 aromatic rings. The maximum Gasteiger partial charge on any atom is 0.319 e. The van der Waals surface area contributed by atoms with Gasteiger partial charge < -0.3 is 29.4 Å². The molecule has 0 aliphatic rings. The Balaban J connectivity index is -0.0000000807. The molecule has 0 aliphatic carbocycles. The molecule has 0 radical (unpaired) electrons. The predicted molar refractivity (Wildman–Crippen MR) is 129 cm³/mol. The molecule has 0 fully saturated rings. The molecular formula is C16H44MgO6P2S2. The summed E-state index contributed by atoms with van der Waals surface area (Å²) in [6.07, 6.45) is 17.0. The van der Waals surface area contributed by atoms with Crippen molar-refractivity contribution in [3.63, 3.8) is 0 Å². The normalized spacial score (nSPS) is 10.1. The van der Waals surface area contributed by atoms with E-state index in [4.69, 9.17) is 29.4 Å². The van der Waals surface area contributed by atoms with Crippen LogP contribution < -0.4 is 0 Å². The number of hydrogen-bond donors (Lipinski definition) is 6. The Bertz CT molecular complexity index is 280. The van der Waals surface area contributed by atoms with Crippen LogP contribution in [0.4, 0.5) is 0 Å². The molecule has 27 heavy (non-hydrogen) atoms. The van der Waals surface area contributed by atoms with Crippen LogP contribution in [0.2, 0.25) is 0 Å². The van der Waals surface area contributed by atoms with Crippen LogP contribution >= 0.6 is 13.4 Å². The Labute approximate surface area is 193 Å². The predicted octanol–water partition coefficient (Wildman–Crippen LogP) is 4.19. The lowest BCUT2D eigenvalue weighted by atomic mass is 10.1. The van der Waals surface area contributed by atoms with E-state index in [0.717, 1.165) is 0 Å². The average molecular weight is 483 g/mol. The van der Waals surface area contributed by atoms with Crippen LogP contribution in [0.25, 0.3) is 0 Å². The zero-order valence-corrected chi connectivity index (χ0v) is 20.3. The molecule has 0 amide bonds. The van der Waals surface area contributed by atoms with Gasteiger partial charge in [-0.1, -0.05) is 105 Å². The first kappa shape index (κ1) is 39.3. The van der Waals surface area contributed by atoms with Crippen LogP contribution in [0.3, 0.4) is 0 Å². The van der Waals surface area contributed by atoms with Gasteiger partial charge in [0.15, 0.2) is 0 Å². The summed E-state index contributed by atoms with van der Waals surface area (Å²) in [4.78, 5) is 45.3. The third-order valence-electron chi connectivity index (χ3n) is 2.91. The molecule has 168 valence electrons. The van der Waals surface area contributed by atoms with Gasteiger partial charge >= 0.3 is 36.5 Å². The highest BCUT2D eigenvalue weighted by Crippen LogP contribution is 2.26. The second-order valence-corrected chi connectivity index (χ2v) is 10.8. The Morgan fingerprint density at radius 1 is 0.444 bits per heavy atom. The quantitative estimate of drug-likeness (QED) is 0.156. The van der Waals surface area contributed by atoms with Crippen LogP contribution in [0.1, 0.15) is 105 Å². The number of hydrogen-bond acceptors (Lipinski definition) is 2. The molecule has 0 aromatic carbocycles. The minimum atomic E-state index is -3.81. The summed E-state index contributed by atoms with van der Waals surface area (Å²) >= 11 is 7.21.